The van der Waals surface area contributed by atoms with Crippen LogP contribution in [0.3, 0.4) is 0 Å². The normalized spacial score (nSPS) is 14.8. The number of benzene rings is 2. The topological polar surface area (TPSA) is 235 Å². The van der Waals surface area contributed by atoms with E-state index in [1.54, 1.807) is 25.1 Å². The molecule has 6 N–H and O–H groups in total. The van der Waals surface area contributed by atoms with Crippen LogP contribution in [0.2, 0.25) is 0 Å². The number of amidine groups is 1. The van der Waals surface area contributed by atoms with Crippen LogP contribution in [0.25, 0.3) is 0 Å². The van der Waals surface area contributed by atoms with Gasteiger partial charge in [-0.2, -0.15) is 0 Å². The molecule has 2 saturated carbocycles. The van der Waals surface area contributed by atoms with E-state index in [9.17, 15) is 23.7 Å². The number of nitrogens with one attached hydrogen (secondary N) is 2. The number of imide groups is 1. The molecular weight excluding hydrogens is 647 g/mol. The second kappa shape index (κ2) is 14.2. The highest BCUT2D eigenvalue weighted by Crippen LogP contribution is 2.37. The van der Waals surface area contributed by atoms with E-state index in [-0.39, 0.29) is 34.7 Å². The van der Waals surface area contributed by atoms with Crippen molar-refractivity contribution >= 4 is 49.6 Å². The quantitative estimate of drug-likeness (QED) is 0.0645. The Kier molecular flexibility index (Phi) is 10.1. The highest BCUT2D eigenvalue weighted by atomic mass is 31.2. The van der Waals surface area contributed by atoms with Crippen LogP contribution in [-0.2, 0) is 14.0 Å². The number of esters is 1. The molecule has 2 aliphatic rings. The number of aliphatic imine (C=N–C) groups is 2. The number of aromatic amines is 1. The van der Waals surface area contributed by atoms with Gasteiger partial charge < -0.3 is 30.0 Å². The van der Waals surface area contributed by atoms with E-state index in [4.69, 9.17) is 25.0 Å². The van der Waals surface area contributed by atoms with Crippen molar-refractivity contribution in [2.75, 3.05) is 6.79 Å². The predicted molar refractivity (Wildman–Crippen MR) is 171 cm³/mol. The van der Waals surface area contributed by atoms with Crippen LogP contribution < -0.4 is 15.6 Å². The van der Waals surface area contributed by atoms with Crippen LogP contribution in [0.1, 0.15) is 73.6 Å². The lowest BCUT2D eigenvalue weighted by molar-refractivity contribution is -0.0110. The maximum absolute atomic E-state index is 13.6. The van der Waals surface area contributed by atoms with Crippen LogP contribution in [0.15, 0.2) is 58.6 Å². The lowest BCUT2D eigenvalue weighted by Gasteiger charge is -2.20. The maximum Gasteiger partial charge on any atom is 0.524 e. The van der Waals surface area contributed by atoms with Gasteiger partial charge in [-0.25, -0.2) is 29.0 Å². The number of aromatic nitrogens is 1. The SMILES string of the molecule is Cc1ccc(C(=O)NC2CC2)cc1N=C(N=CN)c1[nH]cc(C(=O)N(C(=O)OCOC(=O)c2ccc(OP(=O)(O)O)cc2)C2CC2)c1C. The van der Waals surface area contributed by atoms with E-state index < -0.39 is 38.6 Å². The lowest BCUT2D eigenvalue weighted by Crippen LogP contribution is -2.39. The summed E-state index contributed by atoms with van der Waals surface area (Å²) in [4.78, 5) is 82.2. The van der Waals surface area contributed by atoms with Gasteiger partial charge in [-0.05, 0) is 87.1 Å². The molecule has 2 aromatic carbocycles. The van der Waals surface area contributed by atoms with Gasteiger partial charge in [0.2, 0.25) is 6.79 Å². The summed E-state index contributed by atoms with van der Waals surface area (Å²) in [6, 6.07) is 9.64. The average molecular weight is 681 g/mol. The predicted octanol–water partition coefficient (Wildman–Crippen LogP) is 3.62. The Morgan fingerprint density at radius 3 is 2.35 bits per heavy atom. The highest BCUT2D eigenvalue weighted by Gasteiger charge is 2.40. The first-order chi connectivity index (χ1) is 22.8. The van der Waals surface area contributed by atoms with E-state index in [1.807, 2.05) is 6.92 Å². The first kappa shape index (κ1) is 34.0. The third kappa shape index (κ3) is 8.53. The van der Waals surface area contributed by atoms with Crippen LogP contribution in [0.4, 0.5) is 10.5 Å². The minimum atomic E-state index is -4.77. The largest absolute Gasteiger partial charge is 0.524 e. The molecule has 17 heteroatoms. The van der Waals surface area contributed by atoms with Crippen LogP contribution in [0.5, 0.6) is 5.75 Å². The molecule has 1 aromatic heterocycles. The highest BCUT2D eigenvalue weighted by molar-refractivity contribution is 7.46. The molecule has 0 atom stereocenters. The second-order valence-corrected chi connectivity index (χ2v) is 12.3. The average Bonchev–Trinajstić information content (AvgIpc) is 3.97. The minimum absolute atomic E-state index is 0.00392. The summed E-state index contributed by atoms with van der Waals surface area (Å²) in [5.74, 6) is -1.77. The number of hydrogen-bond donors (Lipinski definition) is 5. The van der Waals surface area contributed by atoms with Gasteiger partial charge in [0.1, 0.15) is 5.75 Å². The molecular formula is C31H33N6O10P. The third-order valence-corrected chi connectivity index (χ3v) is 7.86. The summed E-state index contributed by atoms with van der Waals surface area (Å²) in [5, 5.41) is 2.95. The fourth-order valence-corrected chi connectivity index (χ4v) is 4.98. The van der Waals surface area contributed by atoms with Crippen molar-refractivity contribution in [1.29, 1.82) is 0 Å². The van der Waals surface area contributed by atoms with Crippen LogP contribution >= 0.6 is 7.82 Å². The fourth-order valence-electron chi connectivity index (χ4n) is 4.59. The summed E-state index contributed by atoms with van der Waals surface area (Å²) < 4.78 is 25.5. The van der Waals surface area contributed by atoms with Gasteiger partial charge in [0.25, 0.3) is 11.8 Å². The van der Waals surface area contributed by atoms with Crippen molar-refractivity contribution in [3.8, 4) is 5.75 Å². The molecule has 2 fully saturated rings. The van der Waals surface area contributed by atoms with Crippen LogP contribution in [-0.4, -0.2) is 74.6 Å². The van der Waals surface area contributed by atoms with Crippen molar-refractivity contribution in [2.45, 2.75) is 51.6 Å². The van der Waals surface area contributed by atoms with E-state index in [0.29, 0.717) is 35.3 Å². The summed E-state index contributed by atoms with van der Waals surface area (Å²) >= 11 is 0. The van der Waals surface area contributed by atoms with E-state index >= 15 is 0 Å². The fraction of sp³-hybridized carbons (Fsp3) is 0.290. The van der Waals surface area contributed by atoms with Gasteiger partial charge in [-0.1, -0.05) is 6.07 Å². The molecule has 0 saturated heterocycles. The first-order valence-electron chi connectivity index (χ1n) is 14.8. The molecule has 3 aromatic rings. The number of nitrogens with two attached hydrogens (primary N) is 1. The minimum Gasteiger partial charge on any atom is -0.424 e. The van der Waals surface area contributed by atoms with Gasteiger partial charge >= 0.3 is 19.9 Å². The smallest absolute Gasteiger partial charge is 0.424 e. The van der Waals surface area contributed by atoms with Crippen molar-refractivity contribution in [3.05, 3.63) is 82.2 Å². The van der Waals surface area contributed by atoms with Crippen molar-refractivity contribution in [2.24, 2.45) is 15.7 Å². The molecule has 0 bridgehead atoms. The van der Waals surface area contributed by atoms with Gasteiger partial charge in [-0.3, -0.25) is 19.4 Å². The molecule has 48 heavy (non-hydrogen) atoms. The maximum atomic E-state index is 13.6. The summed E-state index contributed by atoms with van der Waals surface area (Å²) in [7, 11) is -4.77. The monoisotopic (exact) mass is 680 g/mol. The zero-order chi connectivity index (χ0) is 34.6. The number of aryl methyl sites for hydroxylation is 1. The molecule has 16 nitrogen and oxygen atoms in total. The van der Waals surface area contributed by atoms with E-state index in [1.165, 1.54) is 18.3 Å². The van der Waals surface area contributed by atoms with Gasteiger partial charge in [0.15, 0.2) is 5.84 Å². The number of rotatable bonds is 11. The van der Waals surface area contributed by atoms with E-state index in [2.05, 4.69) is 24.8 Å². The van der Waals surface area contributed by atoms with Gasteiger partial charge in [-0.15, -0.1) is 0 Å². The molecule has 5 rings (SSSR count). The number of hydrogen-bond acceptors (Lipinski definition) is 9. The first-order valence-corrected chi connectivity index (χ1v) is 16.3. The van der Waals surface area contributed by atoms with E-state index in [0.717, 1.165) is 41.8 Å². The zero-order valence-electron chi connectivity index (χ0n) is 25.9. The molecule has 0 unspecified atom stereocenters. The summed E-state index contributed by atoms with van der Waals surface area (Å²) in [6.45, 7) is 2.69. The van der Waals surface area contributed by atoms with Crippen molar-refractivity contribution < 1.29 is 47.5 Å². The molecule has 0 spiro atoms. The Morgan fingerprint density at radius 2 is 1.73 bits per heavy atom. The molecule has 0 aliphatic heterocycles. The number of amides is 3. The lowest BCUT2D eigenvalue weighted by atomic mass is 10.1. The number of phosphoric acid groups is 1. The van der Waals surface area contributed by atoms with Crippen molar-refractivity contribution in [1.82, 2.24) is 15.2 Å². The second-order valence-electron chi connectivity index (χ2n) is 11.1. The summed E-state index contributed by atoms with van der Waals surface area (Å²) in [5.41, 5.74) is 8.26. The molecule has 3 amide bonds. The number of carbonyl (C=O) groups excluding carboxylic acids is 4. The van der Waals surface area contributed by atoms with Crippen LogP contribution in [0, 0.1) is 13.8 Å². The molecule has 0 radical (unpaired) electrons. The summed E-state index contributed by atoms with van der Waals surface area (Å²) in [6.07, 6.45) is 4.49. The number of carbonyl (C=O) groups is 4. The number of ether oxygens (including phenoxy) is 2. The Balaban J connectivity index is 1.27. The molecule has 252 valence electrons. The Bertz CT molecular complexity index is 1840. The standard InChI is InChI=1S/C31H33N6O10P/c1-17-3-4-20(28(38)35-21-7-8-21)13-25(17)36-27(34-15-32)26-18(2)24(14-33-26)29(39)37(22-9-10-22)31(41)46-16-45-30(40)19-5-11-23(12-6-19)47-48(42,43)44/h3-6,11-15,21-22,33H,7-10,16H2,1-2H3,(H,35,38)(H2,32,34,36)(H2,42,43,44). The Hall–Kier alpha value is -5.31. The van der Waals surface area contributed by atoms with Gasteiger partial charge in [0, 0.05) is 23.8 Å². The van der Waals surface area contributed by atoms with Gasteiger partial charge in [0.05, 0.1) is 28.8 Å². The van der Waals surface area contributed by atoms with Crippen molar-refractivity contribution in [3.63, 3.8) is 0 Å². The number of H-pyrrole nitrogens is 1. The molecule has 1 heterocycles. The molecule has 2 aliphatic carbocycles. The number of nitrogens with zero attached hydrogens (tertiary/aromatic N) is 3. The zero-order valence-corrected chi connectivity index (χ0v) is 26.8. The number of phosphoric ester groups is 1. The Morgan fingerprint density at radius 1 is 1.04 bits per heavy atom. The Labute approximate surface area is 274 Å². The third-order valence-electron chi connectivity index (χ3n) is 7.42.